The second kappa shape index (κ2) is 7.03. The Morgan fingerprint density at radius 2 is 2.19 bits per heavy atom. The number of amides is 1. The molecular weight excluding hydrogens is 274 g/mol. The Kier molecular flexibility index (Phi) is 5.10. The number of rotatable bonds is 5. The number of hydrogen-bond donors (Lipinski definition) is 2. The van der Waals surface area contributed by atoms with Crippen LogP contribution in [0.25, 0.3) is 0 Å². The van der Waals surface area contributed by atoms with Gasteiger partial charge < -0.3 is 10.5 Å². The van der Waals surface area contributed by atoms with Gasteiger partial charge in [-0.2, -0.15) is 0 Å². The summed E-state index contributed by atoms with van der Waals surface area (Å²) in [5.74, 6) is 0.724. The zero-order valence-corrected chi connectivity index (χ0v) is 11.7. The average molecular weight is 293 g/mol. The van der Waals surface area contributed by atoms with Gasteiger partial charge in [-0.25, -0.2) is 4.79 Å². The fraction of sp³-hybridized carbons (Fsp3) is 0.500. The molecule has 2 atom stereocenters. The smallest absolute Gasteiger partial charge is 0.411 e. The zero-order chi connectivity index (χ0) is 15.2. The third kappa shape index (κ3) is 4.16. The highest BCUT2D eigenvalue weighted by atomic mass is 16.6. The topological polar surface area (TPSA) is 107 Å². The van der Waals surface area contributed by atoms with Crippen LogP contribution in [0, 0.1) is 22.0 Å². The Morgan fingerprint density at radius 1 is 1.43 bits per heavy atom. The van der Waals surface area contributed by atoms with Gasteiger partial charge in [0.1, 0.15) is 0 Å². The summed E-state index contributed by atoms with van der Waals surface area (Å²) in [7, 11) is 0. The molecule has 3 N–H and O–H groups in total. The van der Waals surface area contributed by atoms with Crippen LogP contribution in [-0.2, 0) is 4.74 Å². The lowest BCUT2D eigenvalue weighted by molar-refractivity contribution is -0.384. The number of nitrogens with two attached hydrogens (primary N) is 1. The molecule has 0 saturated heterocycles. The van der Waals surface area contributed by atoms with Crippen LogP contribution >= 0.6 is 0 Å². The van der Waals surface area contributed by atoms with E-state index < -0.39 is 11.0 Å². The molecule has 0 heterocycles. The second-order valence-electron chi connectivity index (χ2n) is 5.22. The maximum atomic E-state index is 11.7. The van der Waals surface area contributed by atoms with Crippen molar-refractivity contribution in [2.45, 2.75) is 19.3 Å². The van der Waals surface area contributed by atoms with Gasteiger partial charge in [-0.15, -0.1) is 0 Å². The standard InChI is InChI=1S/C14H19N3O4/c15-8-10-3-1-4-11(10)9-21-14(18)16-12-5-2-6-13(7-12)17(19)20/h2,5-7,10-11H,1,3-4,8-9,15H2,(H,16,18). The van der Waals surface area contributed by atoms with E-state index in [9.17, 15) is 14.9 Å². The third-order valence-electron chi connectivity index (χ3n) is 3.85. The van der Waals surface area contributed by atoms with Gasteiger partial charge in [-0.3, -0.25) is 15.4 Å². The Hall–Kier alpha value is -2.15. The van der Waals surface area contributed by atoms with E-state index in [4.69, 9.17) is 10.5 Å². The maximum Gasteiger partial charge on any atom is 0.411 e. The molecule has 1 fully saturated rings. The number of nitro groups is 1. The lowest BCUT2D eigenvalue weighted by atomic mass is 9.97. The molecular formula is C14H19N3O4. The van der Waals surface area contributed by atoms with Crippen molar-refractivity contribution in [2.75, 3.05) is 18.5 Å². The number of nitrogens with one attached hydrogen (secondary N) is 1. The van der Waals surface area contributed by atoms with E-state index in [0.29, 0.717) is 30.7 Å². The Morgan fingerprint density at radius 3 is 2.90 bits per heavy atom. The molecule has 0 bridgehead atoms. The summed E-state index contributed by atoms with van der Waals surface area (Å²) >= 11 is 0. The van der Waals surface area contributed by atoms with Crippen LogP contribution in [-0.4, -0.2) is 24.2 Å². The minimum atomic E-state index is -0.599. The molecule has 0 spiro atoms. The monoisotopic (exact) mass is 293 g/mol. The van der Waals surface area contributed by atoms with E-state index in [1.165, 1.54) is 18.2 Å². The number of carbonyl (C=O) groups excluding carboxylic acids is 1. The molecule has 7 heteroatoms. The van der Waals surface area contributed by atoms with Crippen molar-refractivity contribution in [1.29, 1.82) is 0 Å². The quantitative estimate of drug-likeness (QED) is 0.640. The van der Waals surface area contributed by atoms with Crippen LogP contribution in [0.15, 0.2) is 24.3 Å². The molecule has 2 rings (SSSR count). The number of nitrogens with zero attached hydrogens (tertiary/aromatic N) is 1. The normalized spacial score (nSPS) is 21.0. The van der Waals surface area contributed by atoms with Crippen molar-refractivity contribution in [3.05, 3.63) is 34.4 Å². The van der Waals surface area contributed by atoms with E-state index in [0.717, 1.165) is 19.3 Å². The number of carbonyl (C=O) groups is 1. The van der Waals surface area contributed by atoms with Crippen molar-refractivity contribution in [2.24, 2.45) is 17.6 Å². The second-order valence-corrected chi connectivity index (χ2v) is 5.22. The Balaban J connectivity index is 1.84. The number of anilines is 1. The molecule has 1 amide bonds. The Bertz CT molecular complexity index is 521. The molecule has 0 aliphatic heterocycles. The van der Waals surface area contributed by atoms with Crippen LogP contribution in [0.5, 0.6) is 0 Å². The molecule has 21 heavy (non-hydrogen) atoms. The minimum absolute atomic E-state index is 0.0770. The lowest BCUT2D eigenvalue weighted by Crippen LogP contribution is -2.25. The van der Waals surface area contributed by atoms with Crippen molar-refractivity contribution in [1.82, 2.24) is 0 Å². The van der Waals surface area contributed by atoms with E-state index in [1.54, 1.807) is 6.07 Å². The zero-order valence-electron chi connectivity index (χ0n) is 11.7. The first kappa shape index (κ1) is 15.2. The van der Waals surface area contributed by atoms with Gasteiger partial charge in [0.2, 0.25) is 0 Å². The van der Waals surface area contributed by atoms with Crippen LogP contribution in [0.1, 0.15) is 19.3 Å². The number of non-ortho nitro benzene ring substituents is 1. The van der Waals surface area contributed by atoms with E-state index in [1.807, 2.05) is 0 Å². The van der Waals surface area contributed by atoms with Crippen LogP contribution in [0.4, 0.5) is 16.2 Å². The van der Waals surface area contributed by atoms with Crippen molar-refractivity contribution < 1.29 is 14.5 Å². The third-order valence-corrected chi connectivity index (χ3v) is 3.85. The number of ether oxygens (including phenoxy) is 1. The van der Waals surface area contributed by atoms with Crippen molar-refractivity contribution >= 4 is 17.5 Å². The molecule has 1 aromatic carbocycles. The maximum absolute atomic E-state index is 11.7. The van der Waals surface area contributed by atoms with Gasteiger partial charge in [-0.05, 0) is 37.3 Å². The molecule has 1 aliphatic rings. The largest absolute Gasteiger partial charge is 0.449 e. The molecule has 0 radical (unpaired) electrons. The molecule has 7 nitrogen and oxygen atoms in total. The summed E-state index contributed by atoms with van der Waals surface area (Å²) in [4.78, 5) is 21.9. The van der Waals surface area contributed by atoms with Gasteiger partial charge in [0.05, 0.1) is 17.2 Å². The van der Waals surface area contributed by atoms with Crippen LogP contribution in [0.2, 0.25) is 0 Å². The summed E-state index contributed by atoms with van der Waals surface area (Å²) < 4.78 is 5.19. The summed E-state index contributed by atoms with van der Waals surface area (Å²) in [6, 6.07) is 5.74. The summed E-state index contributed by atoms with van der Waals surface area (Å²) in [5, 5.41) is 13.2. The molecule has 1 saturated carbocycles. The minimum Gasteiger partial charge on any atom is -0.449 e. The average Bonchev–Trinajstić information content (AvgIpc) is 2.93. The summed E-state index contributed by atoms with van der Waals surface area (Å²) in [5.41, 5.74) is 5.95. The van der Waals surface area contributed by atoms with E-state index >= 15 is 0 Å². The highest BCUT2D eigenvalue weighted by Gasteiger charge is 2.27. The predicted molar refractivity (Wildman–Crippen MR) is 78.0 cm³/mol. The number of nitro benzene ring substituents is 1. The first-order valence-electron chi connectivity index (χ1n) is 6.98. The van der Waals surface area contributed by atoms with Crippen molar-refractivity contribution in [3.8, 4) is 0 Å². The highest BCUT2D eigenvalue weighted by Crippen LogP contribution is 2.31. The van der Waals surface area contributed by atoms with Gasteiger partial charge in [0.15, 0.2) is 0 Å². The van der Waals surface area contributed by atoms with Gasteiger partial charge >= 0.3 is 6.09 Å². The number of benzene rings is 1. The van der Waals surface area contributed by atoms with Crippen LogP contribution < -0.4 is 11.1 Å². The van der Waals surface area contributed by atoms with E-state index in [2.05, 4.69) is 5.32 Å². The molecule has 114 valence electrons. The highest BCUT2D eigenvalue weighted by molar-refractivity contribution is 5.85. The predicted octanol–water partition coefficient (Wildman–Crippen LogP) is 2.52. The number of hydrogen-bond acceptors (Lipinski definition) is 5. The van der Waals surface area contributed by atoms with Gasteiger partial charge in [0, 0.05) is 12.1 Å². The van der Waals surface area contributed by atoms with Gasteiger partial charge in [-0.1, -0.05) is 12.5 Å². The van der Waals surface area contributed by atoms with Gasteiger partial charge in [0.25, 0.3) is 5.69 Å². The van der Waals surface area contributed by atoms with E-state index in [-0.39, 0.29) is 5.69 Å². The van der Waals surface area contributed by atoms with Crippen LogP contribution in [0.3, 0.4) is 0 Å². The molecule has 1 aliphatic carbocycles. The molecule has 0 aromatic heterocycles. The van der Waals surface area contributed by atoms with Crippen molar-refractivity contribution in [3.63, 3.8) is 0 Å². The fourth-order valence-electron chi connectivity index (χ4n) is 2.68. The lowest BCUT2D eigenvalue weighted by Gasteiger charge is -2.17. The SMILES string of the molecule is NCC1CCCC1COC(=O)Nc1cccc([N+](=O)[O-])c1. The summed E-state index contributed by atoms with van der Waals surface area (Å²) in [6.45, 7) is 0.948. The first-order chi connectivity index (χ1) is 10.1. The summed E-state index contributed by atoms with van der Waals surface area (Å²) in [6.07, 6.45) is 2.61. The molecule has 1 aromatic rings. The Labute approximate surface area is 122 Å². The first-order valence-corrected chi connectivity index (χ1v) is 6.98. The molecule has 2 unspecified atom stereocenters. The fourth-order valence-corrected chi connectivity index (χ4v) is 2.68.